The average Bonchev–Trinajstić information content (AvgIpc) is 2.16. The first-order valence-electron chi connectivity index (χ1n) is 4.41. The fraction of sp³-hybridized carbons (Fsp3) is 0.400. The van der Waals surface area contributed by atoms with Crippen molar-refractivity contribution in [3.63, 3.8) is 0 Å². The topological polar surface area (TPSA) is 61.3 Å². The van der Waals surface area contributed by atoms with Crippen molar-refractivity contribution in [1.29, 1.82) is 0 Å². The van der Waals surface area contributed by atoms with Crippen molar-refractivity contribution in [3.8, 4) is 5.75 Å². The molecule has 78 valence electrons. The molecule has 2 unspecified atom stereocenters. The molecule has 0 aliphatic rings. The molecule has 0 aliphatic heterocycles. The monoisotopic (exact) mass is 198 g/mol. The third-order valence-electron chi connectivity index (χ3n) is 2.13. The van der Waals surface area contributed by atoms with Gasteiger partial charge in [0.25, 0.3) is 0 Å². The summed E-state index contributed by atoms with van der Waals surface area (Å²) in [5.41, 5.74) is 12.1. The van der Waals surface area contributed by atoms with Crippen LogP contribution in [-0.4, -0.2) is 13.2 Å². The van der Waals surface area contributed by atoms with E-state index in [2.05, 4.69) is 0 Å². The van der Waals surface area contributed by atoms with Crippen molar-refractivity contribution in [3.05, 3.63) is 29.6 Å². The van der Waals surface area contributed by atoms with Crippen LogP contribution in [-0.2, 0) is 0 Å². The van der Waals surface area contributed by atoms with E-state index in [1.54, 1.807) is 19.1 Å². The van der Waals surface area contributed by atoms with Gasteiger partial charge in [-0.2, -0.15) is 0 Å². The minimum absolute atomic E-state index is 0.206. The van der Waals surface area contributed by atoms with Gasteiger partial charge in [0.2, 0.25) is 0 Å². The van der Waals surface area contributed by atoms with Crippen LogP contribution >= 0.6 is 0 Å². The summed E-state index contributed by atoms with van der Waals surface area (Å²) in [5, 5.41) is 0. The number of ether oxygens (including phenoxy) is 1. The Morgan fingerprint density at radius 3 is 2.43 bits per heavy atom. The van der Waals surface area contributed by atoms with E-state index in [0.717, 1.165) is 0 Å². The molecule has 4 N–H and O–H groups in total. The van der Waals surface area contributed by atoms with Crippen LogP contribution in [0.25, 0.3) is 0 Å². The van der Waals surface area contributed by atoms with Gasteiger partial charge in [-0.3, -0.25) is 0 Å². The van der Waals surface area contributed by atoms with E-state index in [9.17, 15) is 4.39 Å². The number of halogens is 1. The molecule has 0 amide bonds. The van der Waals surface area contributed by atoms with Gasteiger partial charge in [-0.15, -0.1) is 0 Å². The first-order chi connectivity index (χ1) is 6.56. The lowest BCUT2D eigenvalue weighted by atomic mass is 10.0. The van der Waals surface area contributed by atoms with Crippen molar-refractivity contribution in [1.82, 2.24) is 0 Å². The highest BCUT2D eigenvalue weighted by Gasteiger charge is 2.13. The lowest BCUT2D eigenvalue weighted by molar-refractivity contribution is 0.385. The van der Waals surface area contributed by atoms with Crippen molar-refractivity contribution in [2.24, 2.45) is 11.5 Å². The molecule has 0 fully saturated rings. The van der Waals surface area contributed by atoms with Gasteiger partial charge in [0.05, 0.1) is 7.11 Å². The second-order valence-corrected chi connectivity index (χ2v) is 3.28. The van der Waals surface area contributed by atoms with E-state index in [1.807, 2.05) is 0 Å². The molecule has 1 aromatic rings. The van der Waals surface area contributed by atoms with Gasteiger partial charge in [-0.1, -0.05) is 6.07 Å². The molecule has 0 radical (unpaired) electrons. The molecule has 1 aromatic carbocycles. The van der Waals surface area contributed by atoms with E-state index in [-0.39, 0.29) is 17.8 Å². The van der Waals surface area contributed by atoms with Crippen LogP contribution in [0.2, 0.25) is 0 Å². The maximum absolute atomic E-state index is 13.3. The largest absolute Gasteiger partial charge is 0.494 e. The fourth-order valence-corrected chi connectivity index (χ4v) is 1.19. The summed E-state index contributed by atoms with van der Waals surface area (Å²) in [6.45, 7) is 1.78. The molecule has 1 rings (SSSR count). The quantitative estimate of drug-likeness (QED) is 0.766. The normalized spacial score (nSPS) is 14.9. The second kappa shape index (κ2) is 4.39. The lowest BCUT2D eigenvalue weighted by Gasteiger charge is -2.16. The van der Waals surface area contributed by atoms with Crippen LogP contribution in [0.15, 0.2) is 18.2 Å². The summed E-state index contributed by atoms with van der Waals surface area (Å²) in [7, 11) is 1.42. The molecule has 4 heteroatoms. The summed E-state index contributed by atoms with van der Waals surface area (Å²) >= 11 is 0. The number of methoxy groups -OCH3 is 1. The summed E-state index contributed by atoms with van der Waals surface area (Å²) in [6.07, 6.45) is 0. The van der Waals surface area contributed by atoms with E-state index in [1.165, 1.54) is 13.2 Å². The van der Waals surface area contributed by atoms with Gasteiger partial charge < -0.3 is 16.2 Å². The Morgan fingerprint density at radius 2 is 2.00 bits per heavy atom. The maximum Gasteiger partial charge on any atom is 0.165 e. The molecule has 0 aliphatic carbocycles. The van der Waals surface area contributed by atoms with Gasteiger partial charge >= 0.3 is 0 Å². The van der Waals surface area contributed by atoms with E-state index in [0.29, 0.717) is 5.56 Å². The highest BCUT2D eigenvalue weighted by atomic mass is 19.1. The second-order valence-electron chi connectivity index (χ2n) is 3.28. The predicted octanol–water partition coefficient (Wildman–Crippen LogP) is 1.18. The summed E-state index contributed by atoms with van der Waals surface area (Å²) in [4.78, 5) is 0. The van der Waals surface area contributed by atoms with Gasteiger partial charge in [0.1, 0.15) is 0 Å². The Morgan fingerprint density at radius 1 is 1.36 bits per heavy atom. The predicted molar refractivity (Wildman–Crippen MR) is 53.5 cm³/mol. The summed E-state index contributed by atoms with van der Waals surface area (Å²) < 4.78 is 18.0. The van der Waals surface area contributed by atoms with Crippen LogP contribution in [0.5, 0.6) is 5.75 Å². The number of nitrogens with two attached hydrogens (primary N) is 2. The zero-order valence-electron chi connectivity index (χ0n) is 8.33. The molecule has 0 saturated heterocycles. The Balaban J connectivity index is 2.96. The molecular weight excluding hydrogens is 183 g/mol. The van der Waals surface area contributed by atoms with Crippen molar-refractivity contribution in [2.75, 3.05) is 7.11 Å². The van der Waals surface area contributed by atoms with Crippen LogP contribution in [0.3, 0.4) is 0 Å². The minimum atomic E-state index is -0.416. The standard InChI is InChI=1S/C10H15FN2O/c1-6(12)10(13)7-3-4-9(14-2)8(11)5-7/h3-6,10H,12-13H2,1-2H3. The van der Waals surface area contributed by atoms with Gasteiger partial charge in [-0.05, 0) is 24.6 Å². The van der Waals surface area contributed by atoms with Gasteiger partial charge in [0, 0.05) is 12.1 Å². The number of hydrogen-bond donors (Lipinski definition) is 2. The van der Waals surface area contributed by atoms with Gasteiger partial charge in [0.15, 0.2) is 11.6 Å². The molecule has 0 heterocycles. The zero-order valence-corrected chi connectivity index (χ0v) is 8.33. The first-order valence-corrected chi connectivity index (χ1v) is 4.41. The van der Waals surface area contributed by atoms with Crippen LogP contribution in [0, 0.1) is 5.82 Å². The SMILES string of the molecule is COc1ccc(C(N)C(C)N)cc1F. The van der Waals surface area contributed by atoms with E-state index in [4.69, 9.17) is 16.2 Å². The maximum atomic E-state index is 13.3. The molecule has 14 heavy (non-hydrogen) atoms. The van der Waals surface area contributed by atoms with E-state index < -0.39 is 5.82 Å². The number of benzene rings is 1. The van der Waals surface area contributed by atoms with Crippen LogP contribution < -0.4 is 16.2 Å². The first kappa shape index (κ1) is 10.9. The van der Waals surface area contributed by atoms with Crippen molar-refractivity contribution >= 4 is 0 Å². The third kappa shape index (κ3) is 2.21. The Labute approximate surface area is 82.9 Å². The van der Waals surface area contributed by atoms with E-state index >= 15 is 0 Å². The highest BCUT2D eigenvalue weighted by molar-refractivity contribution is 5.31. The molecule has 0 saturated carbocycles. The highest BCUT2D eigenvalue weighted by Crippen LogP contribution is 2.21. The Kier molecular flexibility index (Phi) is 3.43. The minimum Gasteiger partial charge on any atom is -0.494 e. The third-order valence-corrected chi connectivity index (χ3v) is 2.13. The molecular formula is C10H15FN2O. The average molecular weight is 198 g/mol. The molecule has 0 spiro atoms. The number of rotatable bonds is 3. The summed E-state index contributed by atoms with van der Waals surface area (Å²) in [6, 6.07) is 4.06. The molecule has 3 nitrogen and oxygen atoms in total. The summed E-state index contributed by atoms with van der Waals surface area (Å²) in [5.74, 6) is -0.202. The van der Waals surface area contributed by atoms with Crippen LogP contribution in [0.1, 0.15) is 18.5 Å². The van der Waals surface area contributed by atoms with Crippen molar-refractivity contribution < 1.29 is 9.13 Å². The Hall–Kier alpha value is -1.13. The molecule has 2 atom stereocenters. The number of hydrogen-bond acceptors (Lipinski definition) is 3. The van der Waals surface area contributed by atoms with Crippen LogP contribution in [0.4, 0.5) is 4.39 Å². The molecule has 0 aromatic heterocycles. The molecule has 0 bridgehead atoms. The lowest BCUT2D eigenvalue weighted by Crippen LogP contribution is -2.31. The van der Waals surface area contributed by atoms with Crippen molar-refractivity contribution in [2.45, 2.75) is 19.0 Å². The fourth-order valence-electron chi connectivity index (χ4n) is 1.19. The van der Waals surface area contributed by atoms with Gasteiger partial charge in [-0.25, -0.2) is 4.39 Å². The Bertz CT molecular complexity index is 315. The zero-order chi connectivity index (χ0) is 10.7. The smallest absolute Gasteiger partial charge is 0.165 e.